The van der Waals surface area contributed by atoms with Gasteiger partial charge in [-0.1, -0.05) is 6.92 Å². The van der Waals surface area contributed by atoms with Crippen molar-refractivity contribution in [3.8, 4) is 5.75 Å². The summed E-state index contributed by atoms with van der Waals surface area (Å²) in [5.74, 6) is 0.0471. The summed E-state index contributed by atoms with van der Waals surface area (Å²) in [6.45, 7) is 5.02. The summed E-state index contributed by atoms with van der Waals surface area (Å²) in [7, 11) is -1.86. The number of carbonyl (C=O) groups is 2. The number of hydrogen-bond donors (Lipinski definition) is 0. The van der Waals surface area contributed by atoms with E-state index in [0.717, 1.165) is 6.26 Å². The first-order chi connectivity index (χ1) is 13.7. The van der Waals surface area contributed by atoms with Gasteiger partial charge in [-0.25, -0.2) is 8.42 Å². The summed E-state index contributed by atoms with van der Waals surface area (Å²) >= 11 is 0. The third kappa shape index (κ3) is 6.09. The van der Waals surface area contributed by atoms with Crippen molar-refractivity contribution in [3.63, 3.8) is 0 Å². The van der Waals surface area contributed by atoms with Gasteiger partial charge < -0.3 is 14.4 Å². The van der Waals surface area contributed by atoms with Crippen LogP contribution in [0, 0.1) is 5.92 Å². The van der Waals surface area contributed by atoms with Gasteiger partial charge in [0.15, 0.2) is 6.10 Å². The molecule has 0 saturated carbocycles. The number of sulfonamides is 1. The van der Waals surface area contributed by atoms with E-state index in [-0.39, 0.29) is 17.8 Å². The van der Waals surface area contributed by atoms with Gasteiger partial charge in [-0.3, -0.25) is 13.9 Å². The number of likely N-dealkylation sites (tertiary alicyclic amines) is 1. The predicted octanol–water partition coefficient (Wildman–Crippen LogP) is 2.04. The topological polar surface area (TPSA) is 93.2 Å². The van der Waals surface area contributed by atoms with Gasteiger partial charge in [0.05, 0.1) is 24.5 Å². The standard InChI is InChI=1S/C20H30N2O6S/c1-5-18(19(23)22-13-11-15(12-14-22)20(24)27-6-2)28-17-9-7-16(8-10-17)21(3)29(4,25)26/h7-10,15,18H,5-6,11-14H2,1-4H3. The second-order valence-corrected chi connectivity index (χ2v) is 9.10. The predicted molar refractivity (Wildman–Crippen MR) is 110 cm³/mol. The van der Waals surface area contributed by atoms with Crippen molar-refractivity contribution >= 4 is 27.6 Å². The fourth-order valence-electron chi connectivity index (χ4n) is 3.20. The molecule has 1 heterocycles. The highest BCUT2D eigenvalue weighted by Gasteiger charge is 2.31. The van der Waals surface area contributed by atoms with Crippen molar-refractivity contribution in [1.29, 1.82) is 0 Å². The molecular formula is C20H30N2O6S. The third-order valence-electron chi connectivity index (χ3n) is 5.05. The molecule has 1 amide bonds. The van der Waals surface area contributed by atoms with Crippen LogP contribution in [0.5, 0.6) is 5.75 Å². The number of rotatable bonds is 8. The van der Waals surface area contributed by atoms with Crippen molar-refractivity contribution in [2.75, 3.05) is 37.3 Å². The Balaban J connectivity index is 1.96. The SMILES string of the molecule is CCOC(=O)C1CCN(C(=O)C(CC)Oc2ccc(N(C)S(C)(=O)=O)cc2)CC1. The monoisotopic (exact) mass is 426 g/mol. The minimum atomic E-state index is -3.34. The summed E-state index contributed by atoms with van der Waals surface area (Å²) in [6, 6.07) is 6.58. The number of esters is 1. The second-order valence-electron chi connectivity index (χ2n) is 7.09. The first-order valence-corrected chi connectivity index (χ1v) is 11.7. The van der Waals surface area contributed by atoms with E-state index in [9.17, 15) is 18.0 Å². The van der Waals surface area contributed by atoms with Crippen molar-refractivity contribution in [2.45, 2.75) is 39.2 Å². The Labute approximate surface area is 172 Å². The molecule has 1 fully saturated rings. The van der Waals surface area contributed by atoms with Crippen molar-refractivity contribution in [3.05, 3.63) is 24.3 Å². The van der Waals surface area contributed by atoms with Crippen LogP contribution in [-0.4, -0.2) is 64.3 Å². The van der Waals surface area contributed by atoms with Crippen molar-refractivity contribution < 1.29 is 27.5 Å². The summed E-state index contributed by atoms with van der Waals surface area (Å²) in [6.07, 6.45) is 2.18. The molecule has 2 rings (SSSR count). The fraction of sp³-hybridized carbons (Fsp3) is 0.600. The Hall–Kier alpha value is -2.29. The molecule has 0 N–H and O–H groups in total. The van der Waals surface area contributed by atoms with Crippen molar-refractivity contribution in [1.82, 2.24) is 4.90 Å². The molecule has 0 spiro atoms. The van der Waals surface area contributed by atoms with Crippen LogP contribution >= 0.6 is 0 Å². The smallest absolute Gasteiger partial charge is 0.309 e. The van der Waals surface area contributed by atoms with Crippen LogP contribution in [0.15, 0.2) is 24.3 Å². The lowest BCUT2D eigenvalue weighted by molar-refractivity contribution is -0.152. The Morgan fingerprint density at radius 2 is 1.76 bits per heavy atom. The second kappa shape index (κ2) is 9.96. The summed E-state index contributed by atoms with van der Waals surface area (Å²) < 4.78 is 35.3. The van der Waals surface area contributed by atoms with E-state index in [1.807, 2.05) is 6.92 Å². The lowest BCUT2D eigenvalue weighted by Crippen LogP contribution is -2.46. The van der Waals surface area contributed by atoms with E-state index in [4.69, 9.17) is 9.47 Å². The van der Waals surface area contributed by atoms with E-state index in [2.05, 4.69) is 0 Å². The summed E-state index contributed by atoms with van der Waals surface area (Å²) in [4.78, 5) is 26.4. The quantitative estimate of drug-likeness (QED) is 0.591. The molecule has 8 nitrogen and oxygen atoms in total. The molecule has 1 unspecified atom stereocenters. The van der Waals surface area contributed by atoms with E-state index in [0.29, 0.717) is 50.4 Å². The minimum absolute atomic E-state index is 0.105. The number of benzene rings is 1. The fourth-order valence-corrected chi connectivity index (χ4v) is 3.70. The molecule has 1 saturated heterocycles. The molecule has 1 aromatic carbocycles. The average Bonchev–Trinajstić information content (AvgIpc) is 2.71. The van der Waals surface area contributed by atoms with Crippen LogP contribution in [-0.2, 0) is 24.3 Å². The molecule has 0 radical (unpaired) electrons. The zero-order valence-corrected chi connectivity index (χ0v) is 18.3. The van der Waals surface area contributed by atoms with E-state index >= 15 is 0 Å². The highest BCUT2D eigenvalue weighted by Crippen LogP contribution is 2.24. The zero-order valence-electron chi connectivity index (χ0n) is 17.5. The molecule has 1 aromatic rings. The molecule has 162 valence electrons. The molecule has 1 aliphatic rings. The normalized spacial score (nSPS) is 16.2. The largest absolute Gasteiger partial charge is 0.481 e. The molecule has 1 aliphatic heterocycles. The van der Waals surface area contributed by atoms with E-state index < -0.39 is 16.1 Å². The first kappa shape index (κ1) is 23.0. The van der Waals surface area contributed by atoms with Crippen LogP contribution in [0.2, 0.25) is 0 Å². The van der Waals surface area contributed by atoms with Gasteiger partial charge in [-0.05, 0) is 50.5 Å². The van der Waals surface area contributed by atoms with Gasteiger partial charge in [0.2, 0.25) is 10.0 Å². The Morgan fingerprint density at radius 3 is 2.24 bits per heavy atom. The molecule has 0 aliphatic carbocycles. The molecule has 0 bridgehead atoms. The molecular weight excluding hydrogens is 396 g/mol. The number of ether oxygens (including phenoxy) is 2. The molecule has 9 heteroatoms. The van der Waals surface area contributed by atoms with Crippen LogP contribution in [0.1, 0.15) is 33.1 Å². The summed E-state index contributed by atoms with van der Waals surface area (Å²) in [5, 5.41) is 0. The molecule has 0 aromatic heterocycles. The lowest BCUT2D eigenvalue weighted by atomic mass is 9.96. The molecule has 1 atom stereocenters. The van der Waals surface area contributed by atoms with Crippen LogP contribution in [0.25, 0.3) is 0 Å². The lowest BCUT2D eigenvalue weighted by Gasteiger charge is -2.33. The maximum absolute atomic E-state index is 12.8. The number of carbonyl (C=O) groups excluding carboxylic acids is 2. The maximum atomic E-state index is 12.8. The van der Waals surface area contributed by atoms with Gasteiger partial charge in [0, 0.05) is 20.1 Å². The van der Waals surface area contributed by atoms with Gasteiger partial charge >= 0.3 is 5.97 Å². The number of piperidine rings is 1. The Kier molecular flexibility index (Phi) is 7.89. The summed E-state index contributed by atoms with van der Waals surface area (Å²) in [5.41, 5.74) is 0.514. The Bertz CT molecular complexity index is 801. The van der Waals surface area contributed by atoms with E-state index in [1.165, 1.54) is 11.4 Å². The Morgan fingerprint density at radius 1 is 1.17 bits per heavy atom. The van der Waals surface area contributed by atoms with E-state index in [1.54, 1.807) is 36.1 Å². The van der Waals surface area contributed by atoms with Gasteiger partial charge in [-0.15, -0.1) is 0 Å². The third-order valence-corrected chi connectivity index (χ3v) is 6.25. The number of nitrogens with zero attached hydrogens (tertiary/aromatic N) is 2. The van der Waals surface area contributed by atoms with Gasteiger partial charge in [0.25, 0.3) is 5.91 Å². The van der Waals surface area contributed by atoms with Crippen LogP contribution < -0.4 is 9.04 Å². The van der Waals surface area contributed by atoms with Crippen LogP contribution in [0.3, 0.4) is 0 Å². The highest BCUT2D eigenvalue weighted by molar-refractivity contribution is 7.92. The first-order valence-electron chi connectivity index (χ1n) is 9.83. The minimum Gasteiger partial charge on any atom is -0.481 e. The highest BCUT2D eigenvalue weighted by atomic mass is 32.2. The number of anilines is 1. The zero-order chi connectivity index (χ0) is 21.6. The average molecular weight is 427 g/mol. The van der Waals surface area contributed by atoms with Crippen LogP contribution in [0.4, 0.5) is 5.69 Å². The van der Waals surface area contributed by atoms with Crippen molar-refractivity contribution in [2.24, 2.45) is 5.92 Å². The van der Waals surface area contributed by atoms with Gasteiger partial charge in [-0.2, -0.15) is 0 Å². The maximum Gasteiger partial charge on any atom is 0.309 e. The number of hydrogen-bond acceptors (Lipinski definition) is 6. The molecule has 29 heavy (non-hydrogen) atoms. The number of amides is 1. The van der Waals surface area contributed by atoms with Gasteiger partial charge in [0.1, 0.15) is 5.75 Å².